The van der Waals surface area contributed by atoms with E-state index in [1.807, 2.05) is 54.6 Å². The number of nitrogens with zero attached hydrogens (tertiary/aromatic N) is 1. The van der Waals surface area contributed by atoms with Crippen LogP contribution in [0.3, 0.4) is 0 Å². The quantitative estimate of drug-likeness (QED) is 0.288. The molecule has 7 aromatic rings. The van der Waals surface area contributed by atoms with E-state index in [0.29, 0.717) is 0 Å². The van der Waals surface area contributed by atoms with Crippen molar-refractivity contribution in [1.82, 2.24) is 4.98 Å². The van der Waals surface area contributed by atoms with Crippen LogP contribution in [0.5, 0.6) is 0 Å². The van der Waals surface area contributed by atoms with Crippen LogP contribution in [0.15, 0.2) is 112 Å². The maximum Gasteiger partial charge on any atom is 0.144 e. The fraction of sp³-hybridized carbons (Fsp3) is 0. The third-order valence-corrected chi connectivity index (χ3v) is 6.11. The van der Waals surface area contributed by atoms with E-state index in [1.54, 1.807) is 0 Å². The third-order valence-electron chi connectivity index (χ3n) is 6.11. The fourth-order valence-electron chi connectivity index (χ4n) is 4.63. The number of fused-ring (bicyclic) bond motifs is 6. The predicted molar refractivity (Wildman–Crippen MR) is 130 cm³/mol. The zero-order chi connectivity index (χ0) is 21.1. The number of pyridine rings is 1. The van der Waals surface area contributed by atoms with Gasteiger partial charge in [0.15, 0.2) is 0 Å². The number of benzene rings is 4. The summed E-state index contributed by atoms with van der Waals surface area (Å²) >= 11 is 0. The van der Waals surface area contributed by atoms with Crippen LogP contribution in [0.25, 0.3) is 66.4 Å². The molecule has 0 saturated heterocycles. The minimum absolute atomic E-state index is 0.861. The topological polar surface area (TPSA) is 39.2 Å². The van der Waals surface area contributed by atoms with Gasteiger partial charge < -0.3 is 8.83 Å². The van der Waals surface area contributed by atoms with Gasteiger partial charge in [0.25, 0.3) is 0 Å². The molecule has 0 atom stereocenters. The molecule has 3 heteroatoms. The van der Waals surface area contributed by atoms with Gasteiger partial charge in [-0.2, -0.15) is 0 Å². The summed E-state index contributed by atoms with van der Waals surface area (Å²) in [7, 11) is 0. The molecule has 0 radical (unpaired) electrons. The van der Waals surface area contributed by atoms with Crippen molar-refractivity contribution in [2.45, 2.75) is 0 Å². The first kappa shape index (κ1) is 17.3. The normalized spacial score (nSPS) is 11.8. The SMILES string of the molecule is c1cc(-c2cccc3c2oc2ccccc23)nc(-c2cccc3c2oc2ccccc23)c1. The van der Waals surface area contributed by atoms with E-state index in [-0.39, 0.29) is 0 Å². The molecule has 0 bridgehead atoms. The van der Waals surface area contributed by atoms with Gasteiger partial charge in [0.05, 0.1) is 11.4 Å². The molecule has 4 aromatic carbocycles. The summed E-state index contributed by atoms with van der Waals surface area (Å²) in [6, 6.07) is 34.8. The molecular weight excluding hydrogens is 394 g/mol. The second-order valence-electron chi connectivity index (χ2n) is 7.97. The molecule has 3 nitrogen and oxygen atoms in total. The average Bonchev–Trinajstić information content (AvgIpc) is 3.42. The van der Waals surface area contributed by atoms with Crippen LogP contribution >= 0.6 is 0 Å². The zero-order valence-corrected chi connectivity index (χ0v) is 17.1. The molecule has 0 aliphatic heterocycles. The standard InChI is InChI=1S/C29H17NO2/c1-3-16-26-18(8-1)20-10-5-12-22(28(20)31-26)24-14-7-15-25(30-24)23-13-6-11-21-19-9-2-4-17-27(19)32-29(21)23/h1-17H. The number of furan rings is 2. The Balaban J connectivity index is 1.45. The van der Waals surface area contributed by atoms with E-state index in [4.69, 9.17) is 13.8 Å². The maximum atomic E-state index is 6.24. The van der Waals surface area contributed by atoms with Crippen LogP contribution in [0.1, 0.15) is 0 Å². The summed E-state index contributed by atoms with van der Waals surface area (Å²) in [5.74, 6) is 0. The Morgan fingerprint density at radius 3 is 1.38 bits per heavy atom. The van der Waals surface area contributed by atoms with Crippen molar-refractivity contribution in [1.29, 1.82) is 0 Å². The van der Waals surface area contributed by atoms with Crippen LogP contribution in [0.2, 0.25) is 0 Å². The highest BCUT2D eigenvalue weighted by molar-refractivity contribution is 6.10. The Bertz CT molecular complexity index is 1660. The van der Waals surface area contributed by atoms with Crippen molar-refractivity contribution in [3.8, 4) is 22.5 Å². The highest BCUT2D eigenvalue weighted by Crippen LogP contribution is 2.38. The molecule has 0 amide bonds. The molecule has 3 heterocycles. The Kier molecular flexibility index (Phi) is 3.55. The van der Waals surface area contributed by atoms with Crippen molar-refractivity contribution in [2.24, 2.45) is 0 Å². The van der Waals surface area contributed by atoms with Crippen LogP contribution in [0, 0.1) is 0 Å². The molecule has 0 aliphatic carbocycles. The third kappa shape index (κ3) is 2.45. The molecule has 0 N–H and O–H groups in total. The number of rotatable bonds is 2. The van der Waals surface area contributed by atoms with E-state index in [9.17, 15) is 0 Å². The van der Waals surface area contributed by atoms with Gasteiger partial charge in [-0.05, 0) is 36.4 Å². The number of para-hydroxylation sites is 4. The van der Waals surface area contributed by atoms with Gasteiger partial charge >= 0.3 is 0 Å². The second-order valence-corrected chi connectivity index (χ2v) is 7.97. The summed E-state index contributed by atoms with van der Waals surface area (Å²) in [5.41, 5.74) is 7.21. The van der Waals surface area contributed by atoms with Crippen molar-refractivity contribution in [3.63, 3.8) is 0 Å². The molecule has 32 heavy (non-hydrogen) atoms. The monoisotopic (exact) mass is 411 g/mol. The number of hydrogen-bond donors (Lipinski definition) is 0. The van der Waals surface area contributed by atoms with E-state index in [0.717, 1.165) is 66.4 Å². The van der Waals surface area contributed by atoms with Crippen LogP contribution < -0.4 is 0 Å². The van der Waals surface area contributed by atoms with Crippen molar-refractivity contribution in [3.05, 3.63) is 103 Å². The first-order chi connectivity index (χ1) is 15.9. The smallest absolute Gasteiger partial charge is 0.144 e. The summed E-state index contributed by atoms with van der Waals surface area (Å²) in [5, 5.41) is 4.44. The van der Waals surface area contributed by atoms with Crippen molar-refractivity contribution >= 4 is 43.9 Å². The first-order valence-electron chi connectivity index (χ1n) is 10.7. The molecule has 0 unspecified atom stereocenters. The summed E-state index contributed by atoms with van der Waals surface area (Å²) in [6.45, 7) is 0. The Morgan fingerprint density at radius 1 is 0.406 bits per heavy atom. The van der Waals surface area contributed by atoms with Crippen LogP contribution in [0.4, 0.5) is 0 Å². The van der Waals surface area contributed by atoms with Gasteiger partial charge in [0.1, 0.15) is 22.3 Å². The van der Waals surface area contributed by atoms with Gasteiger partial charge in [-0.25, -0.2) is 4.98 Å². The van der Waals surface area contributed by atoms with Gasteiger partial charge in [0, 0.05) is 32.7 Å². The maximum absolute atomic E-state index is 6.24. The minimum atomic E-state index is 0.861. The lowest BCUT2D eigenvalue weighted by Gasteiger charge is -2.06. The summed E-state index contributed by atoms with van der Waals surface area (Å²) in [4.78, 5) is 5.03. The molecule has 150 valence electrons. The molecule has 0 spiro atoms. The number of aromatic nitrogens is 1. The van der Waals surface area contributed by atoms with Gasteiger partial charge in [-0.1, -0.05) is 66.7 Å². The lowest BCUT2D eigenvalue weighted by molar-refractivity contribution is 0.670. The molecule has 3 aromatic heterocycles. The van der Waals surface area contributed by atoms with Gasteiger partial charge in [-0.3, -0.25) is 0 Å². The molecule has 7 rings (SSSR count). The molecule has 0 saturated carbocycles. The largest absolute Gasteiger partial charge is 0.455 e. The van der Waals surface area contributed by atoms with Gasteiger partial charge in [0.2, 0.25) is 0 Å². The second kappa shape index (κ2) is 6.56. The van der Waals surface area contributed by atoms with Gasteiger partial charge in [-0.15, -0.1) is 0 Å². The summed E-state index contributed by atoms with van der Waals surface area (Å²) < 4.78 is 12.5. The zero-order valence-electron chi connectivity index (χ0n) is 17.1. The van der Waals surface area contributed by atoms with E-state index >= 15 is 0 Å². The predicted octanol–water partition coefficient (Wildman–Crippen LogP) is 8.21. The molecule has 0 aliphatic rings. The van der Waals surface area contributed by atoms with Crippen LogP contribution in [-0.4, -0.2) is 4.98 Å². The van der Waals surface area contributed by atoms with E-state index in [2.05, 4.69) is 48.5 Å². The molecule has 0 fully saturated rings. The highest BCUT2D eigenvalue weighted by atomic mass is 16.3. The van der Waals surface area contributed by atoms with Crippen LogP contribution in [-0.2, 0) is 0 Å². The minimum Gasteiger partial charge on any atom is -0.455 e. The fourth-order valence-corrected chi connectivity index (χ4v) is 4.63. The lowest BCUT2D eigenvalue weighted by atomic mass is 10.0. The van der Waals surface area contributed by atoms with Crippen molar-refractivity contribution < 1.29 is 8.83 Å². The Morgan fingerprint density at radius 2 is 0.844 bits per heavy atom. The number of hydrogen-bond acceptors (Lipinski definition) is 3. The summed E-state index contributed by atoms with van der Waals surface area (Å²) in [6.07, 6.45) is 0. The Hall–Kier alpha value is -4.37. The first-order valence-corrected chi connectivity index (χ1v) is 10.7. The van der Waals surface area contributed by atoms with E-state index < -0.39 is 0 Å². The lowest BCUT2D eigenvalue weighted by Crippen LogP contribution is -1.88. The van der Waals surface area contributed by atoms with E-state index in [1.165, 1.54) is 0 Å². The van der Waals surface area contributed by atoms with Crippen molar-refractivity contribution in [2.75, 3.05) is 0 Å². The molecular formula is C29H17NO2. The Labute approximate surface area is 183 Å². The average molecular weight is 411 g/mol. The highest BCUT2D eigenvalue weighted by Gasteiger charge is 2.15.